The number of halogens is 1. The molecule has 3 N–H and O–H groups in total. The van der Waals surface area contributed by atoms with Crippen molar-refractivity contribution in [2.24, 2.45) is 0 Å². The summed E-state index contributed by atoms with van der Waals surface area (Å²) in [6, 6.07) is 15.5. The van der Waals surface area contributed by atoms with E-state index in [4.69, 9.17) is 16.3 Å². The fourth-order valence-corrected chi connectivity index (χ4v) is 3.14. The quantitative estimate of drug-likeness (QED) is 0.698. The number of hydrogen-bond donors (Lipinski definition) is 3. The van der Waals surface area contributed by atoms with Crippen LogP contribution in [0.5, 0.6) is 5.75 Å². The van der Waals surface area contributed by atoms with E-state index in [0.29, 0.717) is 19.6 Å². The van der Waals surface area contributed by atoms with Crippen molar-refractivity contribution in [3.8, 4) is 5.75 Å². The van der Waals surface area contributed by atoms with Crippen LogP contribution in [0, 0.1) is 0 Å². The van der Waals surface area contributed by atoms with Gasteiger partial charge >= 0.3 is 0 Å². The molecule has 1 amide bonds. The lowest BCUT2D eigenvalue weighted by molar-refractivity contribution is -0.122. The van der Waals surface area contributed by atoms with E-state index in [1.165, 1.54) is 0 Å². The van der Waals surface area contributed by atoms with Gasteiger partial charge in [0, 0.05) is 17.6 Å². The van der Waals surface area contributed by atoms with E-state index in [1.54, 1.807) is 0 Å². The van der Waals surface area contributed by atoms with E-state index in [1.807, 2.05) is 55.5 Å². The number of ether oxygens (including phenoxy) is 1. The maximum atomic E-state index is 12.4. The Labute approximate surface area is 159 Å². The SMILES string of the molecule is CCOc1ccc(C2CC(C(=O)NCCc3ccc(Cl)cc3)NN2)cc1. The average Bonchev–Trinajstić information content (AvgIpc) is 3.14. The minimum Gasteiger partial charge on any atom is -0.494 e. The highest BCUT2D eigenvalue weighted by molar-refractivity contribution is 6.30. The first-order chi connectivity index (χ1) is 12.7. The van der Waals surface area contributed by atoms with Crippen LogP contribution in [0.1, 0.15) is 30.5 Å². The van der Waals surface area contributed by atoms with Gasteiger partial charge in [-0.3, -0.25) is 4.79 Å². The van der Waals surface area contributed by atoms with Gasteiger partial charge in [-0.15, -0.1) is 0 Å². The second-order valence-corrected chi connectivity index (χ2v) is 6.74. The summed E-state index contributed by atoms with van der Waals surface area (Å²) in [5, 5.41) is 3.71. The molecule has 1 saturated heterocycles. The molecule has 2 atom stereocenters. The Balaban J connectivity index is 1.45. The summed E-state index contributed by atoms with van der Waals surface area (Å²) in [5.41, 5.74) is 8.58. The fourth-order valence-electron chi connectivity index (χ4n) is 3.01. The maximum Gasteiger partial charge on any atom is 0.238 e. The molecule has 0 bridgehead atoms. The highest BCUT2D eigenvalue weighted by Gasteiger charge is 2.29. The molecule has 5 nitrogen and oxygen atoms in total. The lowest BCUT2D eigenvalue weighted by Crippen LogP contribution is -2.43. The molecule has 6 heteroatoms. The smallest absolute Gasteiger partial charge is 0.238 e. The van der Waals surface area contributed by atoms with Crippen molar-refractivity contribution in [2.45, 2.75) is 31.8 Å². The minimum absolute atomic E-state index is 0.0138. The molecule has 0 spiro atoms. The molecule has 0 saturated carbocycles. The van der Waals surface area contributed by atoms with Crippen LogP contribution in [0.4, 0.5) is 0 Å². The summed E-state index contributed by atoms with van der Waals surface area (Å²) in [6.45, 7) is 3.22. The molecule has 138 valence electrons. The minimum atomic E-state index is -0.239. The lowest BCUT2D eigenvalue weighted by atomic mass is 10.0. The Morgan fingerprint density at radius 3 is 2.58 bits per heavy atom. The lowest BCUT2D eigenvalue weighted by Gasteiger charge is -2.11. The van der Waals surface area contributed by atoms with Gasteiger partial charge in [-0.25, -0.2) is 10.9 Å². The van der Waals surface area contributed by atoms with Crippen molar-refractivity contribution in [2.75, 3.05) is 13.2 Å². The summed E-state index contributed by atoms with van der Waals surface area (Å²) >= 11 is 5.88. The predicted octanol–water partition coefficient (Wildman–Crippen LogP) is 3.01. The van der Waals surface area contributed by atoms with Crippen molar-refractivity contribution >= 4 is 17.5 Å². The molecular weight excluding hydrogens is 350 g/mol. The van der Waals surface area contributed by atoms with E-state index in [-0.39, 0.29) is 18.0 Å². The number of benzene rings is 2. The molecule has 2 unspecified atom stereocenters. The molecule has 2 aromatic carbocycles. The van der Waals surface area contributed by atoms with Gasteiger partial charge < -0.3 is 10.1 Å². The van der Waals surface area contributed by atoms with Gasteiger partial charge in [-0.1, -0.05) is 35.9 Å². The molecule has 1 aliphatic rings. The molecule has 0 aliphatic carbocycles. The van der Waals surface area contributed by atoms with E-state index < -0.39 is 0 Å². The van der Waals surface area contributed by atoms with Gasteiger partial charge in [0.15, 0.2) is 0 Å². The zero-order valence-electron chi connectivity index (χ0n) is 14.8. The van der Waals surface area contributed by atoms with Crippen LogP contribution in [-0.2, 0) is 11.2 Å². The van der Waals surface area contributed by atoms with Crippen molar-refractivity contribution in [1.29, 1.82) is 0 Å². The Bertz CT molecular complexity index is 719. The summed E-state index contributed by atoms with van der Waals surface area (Å²) < 4.78 is 5.46. The third-order valence-corrected chi connectivity index (χ3v) is 4.69. The standard InChI is InChI=1S/C20H24ClN3O2/c1-2-26-17-9-5-15(6-10-17)18-13-19(24-23-18)20(25)22-12-11-14-3-7-16(21)8-4-14/h3-10,18-19,23-24H,2,11-13H2,1H3,(H,22,25). The summed E-state index contributed by atoms with van der Waals surface area (Å²) in [7, 11) is 0. The number of rotatable bonds is 7. The monoisotopic (exact) mass is 373 g/mol. The van der Waals surface area contributed by atoms with Crippen LogP contribution < -0.4 is 20.9 Å². The largest absolute Gasteiger partial charge is 0.494 e. The number of nitrogens with one attached hydrogen (secondary N) is 3. The van der Waals surface area contributed by atoms with Crippen molar-refractivity contribution < 1.29 is 9.53 Å². The van der Waals surface area contributed by atoms with E-state index in [9.17, 15) is 4.79 Å². The first-order valence-electron chi connectivity index (χ1n) is 8.91. The van der Waals surface area contributed by atoms with Crippen LogP contribution in [-0.4, -0.2) is 25.1 Å². The predicted molar refractivity (Wildman–Crippen MR) is 103 cm³/mol. The van der Waals surface area contributed by atoms with Gasteiger partial charge in [-0.2, -0.15) is 0 Å². The number of amides is 1. The van der Waals surface area contributed by atoms with Crippen molar-refractivity contribution in [1.82, 2.24) is 16.2 Å². The van der Waals surface area contributed by atoms with Gasteiger partial charge in [0.2, 0.25) is 5.91 Å². The second-order valence-electron chi connectivity index (χ2n) is 6.30. The molecule has 1 fully saturated rings. The third-order valence-electron chi connectivity index (χ3n) is 4.44. The van der Waals surface area contributed by atoms with E-state index in [2.05, 4.69) is 16.2 Å². The Morgan fingerprint density at radius 1 is 1.15 bits per heavy atom. The van der Waals surface area contributed by atoms with Gasteiger partial charge in [0.25, 0.3) is 0 Å². The number of carbonyl (C=O) groups excluding carboxylic acids is 1. The van der Waals surface area contributed by atoms with Gasteiger partial charge in [0.1, 0.15) is 11.8 Å². The summed E-state index contributed by atoms with van der Waals surface area (Å²) in [4.78, 5) is 12.4. The van der Waals surface area contributed by atoms with Crippen molar-refractivity contribution in [3.05, 3.63) is 64.7 Å². The molecular formula is C20H24ClN3O2. The number of hydrazine groups is 1. The Kier molecular flexibility index (Phi) is 6.50. The van der Waals surface area contributed by atoms with Gasteiger partial charge in [-0.05, 0) is 55.2 Å². The summed E-state index contributed by atoms with van der Waals surface area (Å²) in [6.07, 6.45) is 1.49. The van der Waals surface area contributed by atoms with Crippen molar-refractivity contribution in [3.63, 3.8) is 0 Å². The third kappa shape index (κ3) is 4.97. The first kappa shape index (κ1) is 18.7. The molecule has 0 radical (unpaired) electrons. The molecule has 0 aromatic heterocycles. The van der Waals surface area contributed by atoms with E-state index in [0.717, 1.165) is 28.3 Å². The second kappa shape index (κ2) is 9.03. The van der Waals surface area contributed by atoms with Crippen LogP contribution in [0.2, 0.25) is 5.02 Å². The van der Waals surface area contributed by atoms with Crippen LogP contribution in [0.15, 0.2) is 48.5 Å². The molecule has 26 heavy (non-hydrogen) atoms. The zero-order chi connectivity index (χ0) is 18.4. The normalized spacial score (nSPS) is 19.3. The van der Waals surface area contributed by atoms with E-state index >= 15 is 0 Å². The highest BCUT2D eigenvalue weighted by atomic mass is 35.5. The first-order valence-corrected chi connectivity index (χ1v) is 9.29. The molecule has 1 aliphatic heterocycles. The highest BCUT2D eigenvalue weighted by Crippen LogP contribution is 2.24. The molecule has 2 aromatic rings. The average molecular weight is 374 g/mol. The van der Waals surface area contributed by atoms with Crippen LogP contribution >= 0.6 is 11.6 Å². The molecule has 1 heterocycles. The maximum absolute atomic E-state index is 12.4. The molecule has 3 rings (SSSR count). The zero-order valence-corrected chi connectivity index (χ0v) is 15.6. The van der Waals surface area contributed by atoms with Crippen LogP contribution in [0.25, 0.3) is 0 Å². The number of carbonyl (C=O) groups is 1. The van der Waals surface area contributed by atoms with Crippen LogP contribution in [0.3, 0.4) is 0 Å². The number of hydrogen-bond acceptors (Lipinski definition) is 4. The topological polar surface area (TPSA) is 62.4 Å². The summed E-state index contributed by atoms with van der Waals surface area (Å²) in [5.74, 6) is 0.874. The Morgan fingerprint density at radius 2 is 1.88 bits per heavy atom. The Hall–Kier alpha value is -2.08. The fraction of sp³-hybridized carbons (Fsp3) is 0.350. The van der Waals surface area contributed by atoms with Gasteiger partial charge in [0.05, 0.1) is 6.61 Å².